The predicted molar refractivity (Wildman–Crippen MR) is 113 cm³/mol. The molecule has 0 amide bonds. The van der Waals surface area contributed by atoms with E-state index in [1.165, 1.54) is 12.8 Å². The zero-order chi connectivity index (χ0) is 19.5. The van der Waals surface area contributed by atoms with Crippen molar-refractivity contribution < 1.29 is 0 Å². The number of imidazole rings is 1. The number of aromatic amines is 2. The molecule has 3 aromatic heterocycles. The Morgan fingerprint density at radius 2 is 2.07 bits per heavy atom. The summed E-state index contributed by atoms with van der Waals surface area (Å²) < 4.78 is 1.75. The summed E-state index contributed by atoms with van der Waals surface area (Å²) >= 11 is 0. The molecule has 1 fully saturated rings. The van der Waals surface area contributed by atoms with E-state index in [9.17, 15) is 4.79 Å². The van der Waals surface area contributed by atoms with Crippen LogP contribution in [-0.4, -0.2) is 24.7 Å². The summed E-state index contributed by atoms with van der Waals surface area (Å²) in [4.78, 5) is 24.2. The number of hydrogen-bond donors (Lipinski definition) is 2. The van der Waals surface area contributed by atoms with E-state index in [0.717, 1.165) is 57.0 Å². The van der Waals surface area contributed by atoms with Crippen molar-refractivity contribution in [2.24, 2.45) is 7.05 Å². The van der Waals surface area contributed by atoms with Gasteiger partial charge in [0.25, 0.3) is 5.56 Å². The Morgan fingerprint density at radius 3 is 2.86 bits per heavy atom. The third-order valence-electron chi connectivity index (χ3n) is 6.10. The first-order chi connectivity index (χ1) is 14.2. The molecule has 1 saturated carbocycles. The normalized spacial score (nSPS) is 14.9. The van der Waals surface area contributed by atoms with Crippen molar-refractivity contribution in [3.05, 3.63) is 59.0 Å². The maximum atomic E-state index is 12.8. The lowest BCUT2D eigenvalue weighted by Crippen LogP contribution is -2.05. The fourth-order valence-corrected chi connectivity index (χ4v) is 4.66. The van der Waals surface area contributed by atoms with E-state index in [1.54, 1.807) is 17.1 Å². The van der Waals surface area contributed by atoms with Gasteiger partial charge in [0, 0.05) is 47.3 Å². The Hall–Kier alpha value is -3.59. The van der Waals surface area contributed by atoms with Crippen LogP contribution < -0.4 is 5.56 Å². The summed E-state index contributed by atoms with van der Waals surface area (Å²) in [6, 6.07) is 10.5. The van der Waals surface area contributed by atoms with E-state index < -0.39 is 0 Å². The largest absolute Gasteiger partial charge is 0.341 e. The third-order valence-corrected chi connectivity index (χ3v) is 6.10. The monoisotopic (exact) mass is 381 g/mol. The first-order valence-electron chi connectivity index (χ1n) is 9.99. The molecule has 29 heavy (non-hydrogen) atoms. The van der Waals surface area contributed by atoms with Gasteiger partial charge in [0.15, 0.2) is 0 Å². The average molecular weight is 381 g/mol. The highest BCUT2D eigenvalue weighted by Crippen LogP contribution is 2.37. The minimum atomic E-state index is -0.108. The average Bonchev–Trinajstić information content (AvgIpc) is 3.48. The molecule has 1 aliphatic rings. The lowest BCUT2D eigenvalue weighted by molar-refractivity contribution is 0.681. The molecule has 0 atom stereocenters. The second kappa shape index (κ2) is 5.95. The zero-order valence-electron chi connectivity index (χ0n) is 16.0. The van der Waals surface area contributed by atoms with Crippen molar-refractivity contribution in [3.63, 3.8) is 0 Å². The number of rotatable bonds is 2. The van der Waals surface area contributed by atoms with Gasteiger partial charge >= 0.3 is 0 Å². The summed E-state index contributed by atoms with van der Waals surface area (Å²) in [5.41, 5.74) is 3.48. The number of benzene rings is 1. The second-order valence-electron chi connectivity index (χ2n) is 7.92. The molecule has 5 aromatic rings. The van der Waals surface area contributed by atoms with Gasteiger partial charge < -0.3 is 9.97 Å². The number of fused-ring (bicyclic) bond motifs is 6. The Bertz CT molecular complexity index is 1450. The van der Waals surface area contributed by atoms with Gasteiger partial charge in [0.1, 0.15) is 11.3 Å². The minimum absolute atomic E-state index is 0.108. The van der Waals surface area contributed by atoms with E-state index in [4.69, 9.17) is 4.98 Å². The molecule has 1 aliphatic carbocycles. The maximum Gasteiger partial charge on any atom is 0.256 e. The van der Waals surface area contributed by atoms with E-state index >= 15 is 0 Å². The van der Waals surface area contributed by atoms with E-state index in [0.29, 0.717) is 11.3 Å². The van der Waals surface area contributed by atoms with Gasteiger partial charge in [-0.05, 0) is 25.0 Å². The Balaban J connectivity index is 1.72. The summed E-state index contributed by atoms with van der Waals surface area (Å²) in [6.07, 6.45) is 10.3. The number of nitrogens with zero attached hydrogens (tertiary/aromatic N) is 3. The number of hydrogen-bond acceptors (Lipinski definition) is 3. The molecule has 0 unspecified atom stereocenters. The topological polar surface area (TPSA) is 79.4 Å². The summed E-state index contributed by atoms with van der Waals surface area (Å²) in [5, 5.41) is 7.48. The number of aryl methyl sites for hydroxylation is 1. The highest BCUT2D eigenvalue weighted by molar-refractivity contribution is 6.22. The van der Waals surface area contributed by atoms with Crippen LogP contribution in [0.5, 0.6) is 0 Å². The predicted octanol–water partition coefficient (Wildman–Crippen LogP) is 4.22. The molecule has 2 N–H and O–H groups in total. The van der Waals surface area contributed by atoms with E-state index in [-0.39, 0.29) is 5.56 Å². The molecule has 3 heterocycles. The van der Waals surface area contributed by atoms with Crippen molar-refractivity contribution in [2.45, 2.75) is 31.6 Å². The molecule has 6 heteroatoms. The van der Waals surface area contributed by atoms with Crippen molar-refractivity contribution >= 4 is 32.6 Å². The Kier molecular flexibility index (Phi) is 3.36. The number of aromatic nitrogens is 5. The fourth-order valence-electron chi connectivity index (χ4n) is 4.66. The fraction of sp³-hybridized carbons (Fsp3) is 0.261. The SMILES string of the molecule is Cn1cc(-c2c#cc3c(c2)c2c(=O)[nH]ccc2c2[nH]c(C4CCCC4)nc32)cn1. The standard InChI is InChI=1S/C23H19N5O/c1-28-12-15(11-25-28)14-6-7-16-18(10-14)19-17(8-9-24-23(19)29)21-20(16)26-22(27-21)13-4-2-3-5-13/h8-13H,2-5H2,1H3,(H,24,29)(H,26,27). The van der Waals surface area contributed by atoms with Crippen molar-refractivity contribution in [2.75, 3.05) is 0 Å². The van der Waals surface area contributed by atoms with Crippen LogP contribution in [0, 0.1) is 12.1 Å². The minimum Gasteiger partial charge on any atom is -0.341 e. The van der Waals surface area contributed by atoms with Crippen molar-refractivity contribution in [3.8, 4) is 11.1 Å². The van der Waals surface area contributed by atoms with Gasteiger partial charge in [-0.1, -0.05) is 25.0 Å². The Labute approximate surface area is 166 Å². The molecule has 0 saturated heterocycles. The lowest BCUT2D eigenvalue weighted by Gasteiger charge is -2.04. The van der Waals surface area contributed by atoms with Gasteiger partial charge in [0.05, 0.1) is 22.5 Å². The first-order valence-corrected chi connectivity index (χ1v) is 9.99. The van der Waals surface area contributed by atoms with Gasteiger partial charge in [0.2, 0.25) is 0 Å². The molecular formula is C23H19N5O. The number of H-pyrrole nitrogens is 2. The van der Waals surface area contributed by atoms with Crippen molar-refractivity contribution in [1.82, 2.24) is 24.7 Å². The van der Waals surface area contributed by atoms with Crippen molar-refractivity contribution in [1.29, 1.82) is 0 Å². The first kappa shape index (κ1) is 16.4. The van der Waals surface area contributed by atoms with Gasteiger partial charge in [-0.2, -0.15) is 5.10 Å². The highest BCUT2D eigenvalue weighted by atomic mass is 16.1. The Morgan fingerprint density at radius 1 is 1.21 bits per heavy atom. The smallest absolute Gasteiger partial charge is 0.256 e. The van der Waals surface area contributed by atoms with E-state index in [2.05, 4.69) is 27.2 Å². The van der Waals surface area contributed by atoms with Crippen LogP contribution in [0.1, 0.15) is 37.4 Å². The molecule has 2 aromatic carbocycles. The van der Waals surface area contributed by atoms with E-state index in [1.807, 2.05) is 25.4 Å². The molecule has 142 valence electrons. The second-order valence-corrected chi connectivity index (χ2v) is 7.92. The molecule has 6 nitrogen and oxygen atoms in total. The molecule has 0 bridgehead atoms. The van der Waals surface area contributed by atoms with Crippen LogP contribution in [0.25, 0.3) is 43.7 Å². The number of nitrogens with one attached hydrogen (secondary N) is 2. The van der Waals surface area contributed by atoms with Gasteiger partial charge in [-0.25, -0.2) is 4.98 Å². The molecule has 0 aliphatic heterocycles. The summed E-state index contributed by atoms with van der Waals surface area (Å²) in [6.45, 7) is 0. The van der Waals surface area contributed by atoms with Crippen LogP contribution in [0.3, 0.4) is 0 Å². The third kappa shape index (κ3) is 2.40. The van der Waals surface area contributed by atoms with Crippen LogP contribution >= 0.6 is 0 Å². The van der Waals surface area contributed by atoms with Gasteiger partial charge in [-0.15, -0.1) is 0 Å². The molecule has 6 rings (SSSR count). The van der Waals surface area contributed by atoms with Crippen LogP contribution in [-0.2, 0) is 7.05 Å². The molecular weight excluding hydrogens is 362 g/mol. The quantitative estimate of drug-likeness (QED) is 0.481. The molecule has 0 radical (unpaired) electrons. The van der Waals surface area contributed by atoms with Crippen LogP contribution in [0.4, 0.5) is 0 Å². The molecule has 0 spiro atoms. The zero-order valence-corrected chi connectivity index (χ0v) is 16.0. The summed E-state index contributed by atoms with van der Waals surface area (Å²) in [5.74, 6) is 1.49. The maximum absolute atomic E-state index is 12.8. The van der Waals surface area contributed by atoms with Gasteiger partial charge in [-0.3, -0.25) is 9.48 Å². The van der Waals surface area contributed by atoms with Crippen LogP contribution in [0.2, 0.25) is 0 Å². The number of pyridine rings is 1. The lowest BCUT2D eigenvalue weighted by atomic mass is 9.99. The summed E-state index contributed by atoms with van der Waals surface area (Å²) in [7, 11) is 1.88. The van der Waals surface area contributed by atoms with Crippen LogP contribution in [0.15, 0.2) is 35.5 Å². The highest BCUT2D eigenvalue weighted by Gasteiger charge is 2.22.